The van der Waals surface area contributed by atoms with E-state index in [1.165, 1.54) is 11.8 Å². The van der Waals surface area contributed by atoms with Gasteiger partial charge in [-0.3, -0.25) is 19.4 Å². The van der Waals surface area contributed by atoms with E-state index in [2.05, 4.69) is 10.3 Å². The van der Waals surface area contributed by atoms with Crippen LogP contribution < -0.4 is 5.32 Å². The summed E-state index contributed by atoms with van der Waals surface area (Å²) < 4.78 is 39.3. The summed E-state index contributed by atoms with van der Waals surface area (Å²) in [6.07, 6.45) is -5.44. The predicted octanol–water partition coefficient (Wildman–Crippen LogP) is 4.19. The lowest BCUT2D eigenvalue weighted by molar-refractivity contribution is -0.170. The zero-order valence-electron chi connectivity index (χ0n) is 27.1. The molecule has 1 amide bonds. The number of carbonyl (C=O) groups excluding carboxylic acids is 1. The average molecular weight is 757 g/mol. The van der Waals surface area contributed by atoms with Crippen molar-refractivity contribution in [3.63, 3.8) is 0 Å². The normalized spacial score (nSPS) is 16.1. The van der Waals surface area contributed by atoms with Crippen molar-refractivity contribution in [1.29, 1.82) is 0 Å². The molecule has 3 aromatic rings. The highest BCUT2D eigenvalue weighted by molar-refractivity contribution is 7.99. The van der Waals surface area contributed by atoms with E-state index in [4.69, 9.17) is 32.0 Å². The number of carboxylic acids is 3. The van der Waals surface area contributed by atoms with E-state index in [9.17, 15) is 37.5 Å². The number of thioether (sulfide) groups is 1. The van der Waals surface area contributed by atoms with Gasteiger partial charge in [0.2, 0.25) is 0 Å². The topological polar surface area (TPSA) is 201 Å². The number of anilines is 1. The van der Waals surface area contributed by atoms with Crippen LogP contribution in [-0.2, 0) is 19.2 Å². The molecule has 0 saturated heterocycles. The fraction of sp³-hybridized carbons (Fsp3) is 0.364. The minimum Gasteiger partial charge on any atom is -0.481 e. The molecule has 1 aliphatic rings. The van der Waals surface area contributed by atoms with Crippen molar-refractivity contribution in [2.45, 2.75) is 41.7 Å². The number of rotatable bonds is 16. The Morgan fingerprint density at radius 2 is 1.67 bits per heavy atom. The molecule has 0 spiro atoms. The molecule has 0 fully saturated rings. The average Bonchev–Trinajstić information content (AvgIpc) is 3.25. The number of nitrogens with one attached hydrogen (secondary N) is 1. The summed E-state index contributed by atoms with van der Waals surface area (Å²) in [6.45, 7) is 1.62. The number of carboxylic acid groups (broad SMARTS) is 3. The molecular formula is C33H36ClF3N4O9S. The first kappa shape index (κ1) is 41.0. The molecule has 1 aliphatic heterocycles. The Bertz CT molecular complexity index is 1730. The van der Waals surface area contributed by atoms with Crippen molar-refractivity contribution in [2.75, 3.05) is 44.3 Å². The number of hydrogen-bond acceptors (Lipinski definition) is 10. The van der Waals surface area contributed by atoms with Gasteiger partial charge in [-0.1, -0.05) is 29.8 Å². The number of aliphatic carboxylic acids is 3. The van der Waals surface area contributed by atoms with Crippen LogP contribution in [0.5, 0.6) is 0 Å². The molecule has 6 N–H and O–H groups in total. The molecule has 0 bridgehead atoms. The molecule has 276 valence electrons. The first-order valence-corrected chi connectivity index (χ1v) is 16.5. The third kappa shape index (κ3) is 12.4. The van der Waals surface area contributed by atoms with Gasteiger partial charge in [-0.15, -0.1) is 11.8 Å². The second kappa shape index (κ2) is 17.7. The smallest absolute Gasteiger partial charge is 0.393 e. The maximum Gasteiger partial charge on any atom is 0.393 e. The molecule has 1 unspecified atom stereocenters. The molecule has 0 saturated carbocycles. The number of fused-ring (bicyclic) bond motifs is 1. The molecule has 2 heterocycles. The van der Waals surface area contributed by atoms with E-state index in [0.717, 1.165) is 32.5 Å². The molecule has 2 aromatic carbocycles. The van der Waals surface area contributed by atoms with Gasteiger partial charge < -0.3 is 40.6 Å². The Balaban J connectivity index is 0.000000460. The van der Waals surface area contributed by atoms with Gasteiger partial charge in [-0.05, 0) is 49.5 Å². The molecule has 0 radical (unpaired) electrons. The van der Waals surface area contributed by atoms with Crippen LogP contribution in [0.2, 0.25) is 5.02 Å². The number of benzene rings is 2. The molecule has 4 rings (SSSR count). The zero-order chi connectivity index (χ0) is 38.0. The summed E-state index contributed by atoms with van der Waals surface area (Å²) in [7, 11) is 1.86. The monoisotopic (exact) mass is 756 g/mol. The third-order valence-electron chi connectivity index (χ3n) is 7.48. The number of halogens is 4. The van der Waals surface area contributed by atoms with Crippen molar-refractivity contribution in [3.8, 4) is 0 Å². The minimum absolute atomic E-state index is 0.0223. The van der Waals surface area contributed by atoms with Crippen LogP contribution in [0.4, 0.5) is 18.9 Å². The number of aromatic nitrogens is 1. The van der Waals surface area contributed by atoms with Crippen molar-refractivity contribution < 1.29 is 57.9 Å². The Kier molecular flexibility index (Phi) is 14.2. The third-order valence-corrected chi connectivity index (χ3v) is 8.89. The number of likely N-dealkylation sites (N-methyl/N-ethyl adjacent to an activating group) is 1. The lowest BCUT2D eigenvalue weighted by atomic mass is 9.96. The van der Waals surface area contributed by atoms with Crippen LogP contribution in [-0.4, -0.2) is 121 Å². The van der Waals surface area contributed by atoms with E-state index >= 15 is 0 Å². The molecular weight excluding hydrogens is 721 g/mol. The van der Waals surface area contributed by atoms with Gasteiger partial charge in [0, 0.05) is 58.9 Å². The molecule has 1 aromatic heterocycles. The van der Waals surface area contributed by atoms with Crippen molar-refractivity contribution in [2.24, 2.45) is 0 Å². The maximum absolute atomic E-state index is 13.1. The van der Waals surface area contributed by atoms with E-state index in [1.54, 1.807) is 18.3 Å². The van der Waals surface area contributed by atoms with E-state index < -0.39 is 66.2 Å². The summed E-state index contributed by atoms with van der Waals surface area (Å²) in [6, 6.07) is 16.6. The number of hydrogen-bond donors (Lipinski definition) is 6. The Morgan fingerprint density at radius 1 is 1.02 bits per heavy atom. The second-order valence-electron chi connectivity index (χ2n) is 11.6. The highest BCUT2D eigenvalue weighted by atomic mass is 35.5. The highest BCUT2D eigenvalue weighted by Gasteiger charge is 2.46. The van der Waals surface area contributed by atoms with Crippen LogP contribution in [0.3, 0.4) is 0 Å². The highest BCUT2D eigenvalue weighted by Crippen LogP contribution is 2.36. The first-order chi connectivity index (χ1) is 23.8. The van der Waals surface area contributed by atoms with Crippen LogP contribution in [0, 0.1) is 0 Å². The summed E-state index contributed by atoms with van der Waals surface area (Å²) in [4.78, 5) is 51.7. The maximum atomic E-state index is 13.1. The van der Waals surface area contributed by atoms with Gasteiger partial charge >= 0.3 is 24.1 Å². The lowest BCUT2D eigenvalue weighted by Crippen LogP contribution is -2.51. The second-order valence-corrected chi connectivity index (χ2v) is 13.1. The number of amides is 1. The standard InChI is InChI=1S/C27H28ClF3N4O2S.C6H8O7/c1-34(12-11-33-23-9-10-32-24-15-20(28)7-8-22(23)24)13-14-35-25(36)19(17-27(29,30)31)16-26(35,37)18-38-21-5-3-2-4-6-21;7-3(8)1-6(13,5(11)12)2-4(9)10/h2-10,15-16,37H,11-14,17-18H2,1H3,(H,32,33);13H,1-2H2,(H,7,8)(H,9,10)(H,11,12). The predicted molar refractivity (Wildman–Crippen MR) is 182 cm³/mol. The number of aliphatic hydroxyl groups is 2. The Hall–Kier alpha value is -4.42. The summed E-state index contributed by atoms with van der Waals surface area (Å²) in [5, 5.41) is 50.0. The quantitative estimate of drug-likeness (QED) is 0.114. The fourth-order valence-electron chi connectivity index (χ4n) is 4.98. The van der Waals surface area contributed by atoms with E-state index in [-0.39, 0.29) is 12.3 Å². The van der Waals surface area contributed by atoms with Gasteiger partial charge in [0.15, 0.2) is 11.3 Å². The summed E-state index contributed by atoms with van der Waals surface area (Å²) in [5.41, 5.74) is -3.30. The van der Waals surface area contributed by atoms with Crippen LogP contribution >= 0.6 is 23.4 Å². The summed E-state index contributed by atoms with van der Waals surface area (Å²) in [5.74, 6) is -5.78. The summed E-state index contributed by atoms with van der Waals surface area (Å²) >= 11 is 7.34. The largest absolute Gasteiger partial charge is 0.481 e. The molecule has 1 atom stereocenters. The van der Waals surface area contributed by atoms with E-state index in [1.807, 2.05) is 54.4 Å². The van der Waals surface area contributed by atoms with E-state index in [0.29, 0.717) is 24.7 Å². The lowest BCUT2D eigenvalue weighted by Gasteiger charge is -2.34. The van der Waals surface area contributed by atoms with Gasteiger partial charge in [-0.25, -0.2) is 4.79 Å². The SMILES string of the molecule is CN(CCNc1ccnc2cc(Cl)ccc12)CCN1C(=O)C(CC(F)(F)F)=CC1(O)CSc1ccccc1.O=C(O)CC(O)(CC(=O)O)C(=O)O. The number of carbonyl (C=O) groups is 4. The Labute approximate surface area is 299 Å². The van der Waals surface area contributed by atoms with Crippen molar-refractivity contribution >= 4 is 63.8 Å². The van der Waals surface area contributed by atoms with Crippen molar-refractivity contribution in [1.82, 2.24) is 14.8 Å². The zero-order valence-corrected chi connectivity index (χ0v) is 28.7. The van der Waals surface area contributed by atoms with Gasteiger partial charge in [0.1, 0.15) is 0 Å². The van der Waals surface area contributed by atoms with Gasteiger partial charge in [-0.2, -0.15) is 13.2 Å². The number of alkyl halides is 3. The molecule has 0 aliphatic carbocycles. The minimum atomic E-state index is -4.55. The molecule has 18 heteroatoms. The van der Waals surface area contributed by atoms with Crippen molar-refractivity contribution in [3.05, 3.63) is 77.5 Å². The Morgan fingerprint density at radius 3 is 2.25 bits per heavy atom. The number of pyridine rings is 1. The first-order valence-electron chi connectivity index (χ1n) is 15.2. The molecule has 51 heavy (non-hydrogen) atoms. The van der Waals surface area contributed by atoms with Crippen LogP contribution in [0.25, 0.3) is 10.9 Å². The molecule has 13 nitrogen and oxygen atoms in total. The fourth-order valence-corrected chi connectivity index (χ4v) is 6.12. The van der Waals surface area contributed by atoms with Gasteiger partial charge in [0.05, 0.1) is 30.5 Å². The van der Waals surface area contributed by atoms with Gasteiger partial charge in [0.25, 0.3) is 5.91 Å². The van der Waals surface area contributed by atoms with Crippen LogP contribution in [0.15, 0.2) is 77.3 Å². The van der Waals surface area contributed by atoms with Crippen LogP contribution in [0.1, 0.15) is 19.3 Å². The number of nitrogens with zero attached hydrogens (tertiary/aromatic N) is 3.